The summed E-state index contributed by atoms with van der Waals surface area (Å²) in [4.78, 5) is 28.8. The van der Waals surface area contributed by atoms with Crippen molar-refractivity contribution in [2.75, 3.05) is 18.1 Å². The molecular weight excluding hydrogens is 439 g/mol. The van der Waals surface area contributed by atoms with Gasteiger partial charge in [0.15, 0.2) is 0 Å². The Morgan fingerprint density at radius 1 is 1.35 bits per heavy atom. The van der Waals surface area contributed by atoms with E-state index in [-0.39, 0.29) is 29.5 Å². The topological polar surface area (TPSA) is 58.6 Å². The van der Waals surface area contributed by atoms with Gasteiger partial charge in [-0.2, -0.15) is 0 Å². The van der Waals surface area contributed by atoms with E-state index < -0.39 is 17.0 Å². The van der Waals surface area contributed by atoms with Gasteiger partial charge in [-0.05, 0) is 42.7 Å². The maximum Gasteiger partial charge on any atom is 0.241 e. The first-order valence-electron chi connectivity index (χ1n) is 10.3. The van der Waals surface area contributed by atoms with Crippen LogP contribution in [0.5, 0.6) is 0 Å². The fraction of sp³-hybridized carbons (Fsp3) is 0.391. The summed E-state index contributed by atoms with van der Waals surface area (Å²) < 4.78 is 19.0. The van der Waals surface area contributed by atoms with Crippen molar-refractivity contribution in [2.45, 2.75) is 42.6 Å². The second-order valence-electron chi connectivity index (χ2n) is 7.84. The van der Waals surface area contributed by atoms with Gasteiger partial charge >= 0.3 is 0 Å². The lowest BCUT2D eigenvalue weighted by molar-refractivity contribution is -0.128. The number of anilines is 1. The van der Waals surface area contributed by atoms with Gasteiger partial charge in [-0.1, -0.05) is 36.7 Å². The predicted molar refractivity (Wildman–Crippen MR) is 120 cm³/mol. The van der Waals surface area contributed by atoms with Crippen LogP contribution in [0.4, 0.5) is 10.1 Å². The quantitative estimate of drug-likeness (QED) is 0.690. The molecule has 4 rings (SSSR count). The van der Waals surface area contributed by atoms with Gasteiger partial charge in [0.2, 0.25) is 11.8 Å². The van der Waals surface area contributed by atoms with Gasteiger partial charge in [-0.15, -0.1) is 11.8 Å². The van der Waals surface area contributed by atoms with E-state index in [9.17, 15) is 14.0 Å². The van der Waals surface area contributed by atoms with Crippen molar-refractivity contribution < 1.29 is 18.7 Å². The lowest BCUT2D eigenvalue weighted by atomic mass is 10.0. The van der Waals surface area contributed by atoms with Crippen LogP contribution in [0, 0.1) is 11.7 Å². The molecule has 0 bridgehead atoms. The summed E-state index contributed by atoms with van der Waals surface area (Å²) in [5, 5.41) is 2.63. The Balaban J connectivity index is 1.54. The molecule has 31 heavy (non-hydrogen) atoms. The lowest BCUT2D eigenvalue weighted by Crippen LogP contribution is -2.48. The highest BCUT2D eigenvalue weighted by Gasteiger charge is 2.39. The molecular formula is C23H24ClFN2O3S. The van der Waals surface area contributed by atoms with Gasteiger partial charge in [-0.3, -0.25) is 9.59 Å². The van der Waals surface area contributed by atoms with Gasteiger partial charge < -0.3 is 15.0 Å². The molecule has 0 spiro atoms. The number of para-hydroxylation sites is 1. The van der Waals surface area contributed by atoms with E-state index in [2.05, 4.69) is 5.32 Å². The molecule has 0 aliphatic carbocycles. The molecule has 2 heterocycles. The third-order valence-corrected chi connectivity index (χ3v) is 7.47. The number of nitrogens with one attached hydrogen (secondary N) is 1. The van der Waals surface area contributed by atoms with E-state index >= 15 is 0 Å². The molecule has 2 aliphatic rings. The van der Waals surface area contributed by atoms with E-state index in [4.69, 9.17) is 16.3 Å². The Hall–Kier alpha value is -2.09. The fourth-order valence-corrected chi connectivity index (χ4v) is 5.37. The van der Waals surface area contributed by atoms with Crippen LogP contribution in [0.1, 0.15) is 25.3 Å². The number of nitrogens with zero attached hydrogens (tertiary/aromatic N) is 1. The summed E-state index contributed by atoms with van der Waals surface area (Å²) in [5.41, 5.74) is 1.41. The molecule has 3 atom stereocenters. The molecule has 5 nitrogen and oxygen atoms in total. The summed E-state index contributed by atoms with van der Waals surface area (Å²) in [7, 11) is 0. The SMILES string of the molecule is C[C@H](C(=O)NC[C@@H]1CCCO1)[C@@H]1Sc2ccccc2N(Cc2ccc(F)cc2Cl)C1=O. The Labute approximate surface area is 190 Å². The van der Waals surface area contributed by atoms with Gasteiger partial charge in [0.25, 0.3) is 0 Å². The van der Waals surface area contributed by atoms with Crippen molar-refractivity contribution >= 4 is 40.9 Å². The number of ether oxygens (including phenoxy) is 1. The zero-order chi connectivity index (χ0) is 22.0. The summed E-state index contributed by atoms with van der Waals surface area (Å²) >= 11 is 7.62. The molecule has 2 amide bonds. The van der Waals surface area contributed by atoms with Crippen molar-refractivity contribution in [1.29, 1.82) is 0 Å². The van der Waals surface area contributed by atoms with Crippen molar-refractivity contribution in [3.8, 4) is 0 Å². The minimum absolute atomic E-state index is 0.0451. The molecule has 0 aromatic heterocycles. The summed E-state index contributed by atoms with van der Waals surface area (Å²) in [5.74, 6) is -1.29. The smallest absolute Gasteiger partial charge is 0.241 e. The second-order valence-corrected chi connectivity index (χ2v) is 9.43. The molecule has 1 N–H and O–H groups in total. The monoisotopic (exact) mass is 462 g/mol. The maximum atomic E-state index is 13.5. The Bertz CT molecular complexity index is 983. The number of carbonyl (C=O) groups is 2. The predicted octanol–water partition coefficient (Wildman–Crippen LogP) is 4.42. The first kappa shape index (κ1) is 22.1. The maximum absolute atomic E-state index is 13.5. The highest BCUT2D eigenvalue weighted by molar-refractivity contribution is 8.01. The number of hydrogen-bond donors (Lipinski definition) is 1. The van der Waals surface area contributed by atoms with Crippen molar-refractivity contribution in [2.24, 2.45) is 5.92 Å². The number of amides is 2. The van der Waals surface area contributed by atoms with E-state index in [1.807, 2.05) is 24.3 Å². The average molecular weight is 463 g/mol. The lowest BCUT2D eigenvalue weighted by Gasteiger charge is -2.36. The number of thioether (sulfide) groups is 1. The molecule has 164 valence electrons. The molecule has 2 aliphatic heterocycles. The molecule has 1 saturated heterocycles. The molecule has 8 heteroatoms. The number of carbonyl (C=O) groups excluding carboxylic acids is 2. The van der Waals surface area contributed by atoms with Gasteiger partial charge in [0.1, 0.15) is 11.1 Å². The van der Waals surface area contributed by atoms with Crippen LogP contribution in [-0.2, 0) is 20.9 Å². The molecule has 2 aromatic rings. The number of benzene rings is 2. The summed E-state index contributed by atoms with van der Waals surface area (Å²) in [6.07, 6.45) is 1.99. The minimum Gasteiger partial charge on any atom is -0.376 e. The van der Waals surface area contributed by atoms with Crippen LogP contribution in [0.2, 0.25) is 5.02 Å². The first-order chi connectivity index (χ1) is 14.9. The van der Waals surface area contributed by atoms with Crippen LogP contribution >= 0.6 is 23.4 Å². The van der Waals surface area contributed by atoms with Crippen LogP contribution in [0.25, 0.3) is 0 Å². The normalized spacial score (nSPS) is 21.6. The van der Waals surface area contributed by atoms with E-state index in [1.165, 1.54) is 23.9 Å². The summed E-state index contributed by atoms with van der Waals surface area (Å²) in [6.45, 7) is 3.17. The number of hydrogen-bond acceptors (Lipinski definition) is 4. The second kappa shape index (κ2) is 9.59. The van der Waals surface area contributed by atoms with Crippen molar-refractivity contribution in [3.05, 3.63) is 58.9 Å². The number of fused-ring (bicyclic) bond motifs is 1. The largest absolute Gasteiger partial charge is 0.376 e. The third kappa shape index (κ3) is 4.89. The Kier molecular flexibility index (Phi) is 6.84. The van der Waals surface area contributed by atoms with Crippen LogP contribution in [0.15, 0.2) is 47.4 Å². The molecule has 0 unspecified atom stereocenters. The van der Waals surface area contributed by atoms with Crippen molar-refractivity contribution in [3.63, 3.8) is 0 Å². The molecule has 2 aromatic carbocycles. The third-order valence-electron chi connectivity index (χ3n) is 5.66. The molecule has 0 saturated carbocycles. The van der Waals surface area contributed by atoms with Crippen LogP contribution in [0.3, 0.4) is 0 Å². The fourth-order valence-electron chi connectivity index (χ4n) is 3.86. The zero-order valence-electron chi connectivity index (χ0n) is 17.1. The number of rotatable bonds is 6. The van der Waals surface area contributed by atoms with Gasteiger partial charge in [0, 0.05) is 23.1 Å². The zero-order valence-corrected chi connectivity index (χ0v) is 18.7. The van der Waals surface area contributed by atoms with Crippen LogP contribution < -0.4 is 10.2 Å². The molecule has 0 radical (unpaired) electrons. The van der Waals surface area contributed by atoms with E-state index in [1.54, 1.807) is 17.9 Å². The average Bonchev–Trinajstić information content (AvgIpc) is 3.28. The Morgan fingerprint density at radius 3 is 2.90 bits per heavy atom. The highest BCUT2D eigenvalue weighted by atomic mass is 35.5. The van der Waals surface area contributed by atoms with Gasteiger partial charge in [0.05, 0.1) is 24.3 Å². The highest BCUT2D eigenvalue weighted by Crippen LogP contribution is 2.42. The van der Waals surface area contributed by atoms with Crippen LogP contribution in [-0.4, -0.2) is 36.3 Å². The van der Waals surface area contributed by atoms with Gasteiger partial charge in [-0.25, -0.2) is 4.39 Å². The number of halogens is 2. The van der Waals surface area contributed by atoms with Crippen molar-refractivity contribution in [1.82, 2.24) is 5.32 Å². The standard InChI is InChI=1S/C23H24ClFN2O3S/c1-14(22(28)26-12-17-5-4-10-30-17)21-23(29)27(19-6-2-3-7-20(19)31-21)13-15-8-9-16(25)11-18(15)24/h2-3,6-9,11,14,17,21H,4-5,10,12-13H2,1H3,(H,26,28)/t14-,17-,21-/m0/s1. The minimum atomic E-state index is -0.571. The Morgan fingerprint density at radius 2 is 2.16 bits per heavy atom. The van der Waals surface area contributed by atoms with E-state index in [0.717, 1.165) is 30.0 Å². The van der Waals surface area contributed by atoms with E-state index in [0.29, 0.717) is 12.1 Å². The first-order valence-corrected chi connectivity index (χ1v) is 11.6. The summed E-state index contributed by atoms with van der Waals surface area (Å²) in [6, 6.07) is 11.7. The molecule has 1 fully saturated rings.